The Labute approximate surface area is 220 Å². The summed E-state index contributed by atoms with van der Waals surface area (Å²) in [6.45, 7) is 4.67. The lowest BCUT2D eigenvalue weighted by Gasteiger charge is -2.28. The minimum atomic E-state index is -0.187. The normalized spacial score (nSPS) is 13.9. The van der Waals surface area contributed by atoms with Gasteiger partial charge >= 0.3 is 0 Å². The largest absolute Gasteiger partial charge is 0.493 e. The fourth-order valence-corrected chi connectivity index (χ4v) is 5.05. The van der Waals surface area contributed by atoms with Crippen molar-refractivity contribution in [2.75, 3.05) is 65.6 Å². The Balaban J connectivity index is 1.62. The number of aromatic nitrogens is 1. The minimum absolute atomic E-state index is 0.187. The van der Waals surface area contributed by atoms with Crippen LogP contribution in [-0.4, -0.2) is 76.5 Å². The van der Waals surface area contributed by atoms with E-state index in [-0.39, 0.29) is 5.91 Å². The molecule has 1 saturated heterocycles. The van der Waals surface area contributed by atoms with Crippen LogP contribution in [0.2, 0.25) is 5.02 Å². The number of amides is 1. The number of carbonyl (C=O) groups is 1. The third-order valence-electron chi connectivity index (χ3n) is 5.98. The van der Waals surface area contributed by atoms with Crippen molar-refractivity contribution in [1.29, 1.82) is 0 Å². The lowest BCUT2D eigenvalue weighted by atomic mass is 10.1. The van der Waals surface area contributed by atoms with Crippen LogP contribution in [-0.2, 0) is 4.74 Å². The molecule has 2 heterocycles. The Morgan fingerprint density at radius 1 is 1.08 bits per heavy atom. The summed E-state index contributed by atoms with van der Waals surface area (Å²) in [5.41, 5.74) is 2.16. The van der Waals surface area contributed by atoms with Gasteiger partial charge in [0, 0.05) is 47.7 Å². The molecule has 0 bridgehead atoms. The molecule has 2 aromatic carbocycles. The molecular weight excluding hydrogens is 502 g/mol. The highest BCUT2D eigenvalue weighted by Crippen LogP contribution is 2.39. The second-order valence-electron chi connectivity index (χ2n) is 8.20. The minimum Gasteiger partial charge on any atom is -0.493 e. The van der Waals surface area contributed by atoms with E-state index >= 15 is 0 Å². The van der Waals surface area contributed by atoms with E-state index in [4.69, 9.17) is 35.5 Å². The maximum absolute atomic E-state index is 13.8. The van der Waals surface area contributed by atoms with Gasteiger partial charge in [0.25, 0.3) is 5.91 Å². The van der Waals surface area contributed by atoms with E-state index in [1.807, 2.05) is 29.6 Å². The van der Waals surface area contributed by atoms with Crippen LogP contribution in [0.4, 0.5) is 5.13 Å². The van der Waals surface area contributed by atoms with Gasteiger partial charge in [-0.2, -0.15) is 0 Å². The van der Waals surface area contributed by atoms with Crippen LogP contribution < -0.4 is 19.1 Å². The zero-order chi connectivity index (χ0) is 25.5. The van der Waals surface area contributed by atoms with Crippen molar-refractivity contribution in [3.8, 4) is 28.5 Å². The number of rotatable bonds is 10. The summed E-state index contributed by atoms with van der Waals surface area (Å²) in [4.78, 5) is 22.7. The predicted molar refractivity (Wildman–Crippen MR) is 142 cm³/mol. The summed E-state index contributed by atoms with van der Waals surface area (Å²) in [5, 5.41) is 3.24. The topological polar surface area (TPSA) is 73.4 Å². The molecule has 8 nitrogen and oxygen atoms in total. The SMILES string of the molecule is COc1cc(C(=O)N(CCCN2CCOCC2)c2nc(-c3ccc(Cl)cc3)cs2)cc(OC)c1OC. The molecule has 192 valence electrons. The highest BCUT2D eigenvalue weighted by molar-refractivity contribution is 7.14. The first-order valence-corrected chi connectivity index (χ1v) is 12.9. The number of ether oxygens (including phenoxy) is 4. The highest BCUT2D eigenvalue weighted by Gasteiger charge is 2.25. The van der Waals surface area contributed by atoms with E-state index in [2.05, 4.69) is 4.90 Å². The molecule has 1 aliphatic heterocycles. The van der Waals surface area contributed by atoms with Gasteiger partial charge in [-0.15, -0.1) is 11.3 Å². The van der Waals surface area contributed by atoms with Crippen molar-refractivity contribution >= 4 is 34.0 Å². The van der Waals surface area contributed by atoms with Crippen molar-refractivity contribution in [1.82, 2.24) is 9.88 Å². The molecule has 36 heavy (non-hydrogen) atoms. The standard InChI is InChI=1S/C26H30ClN3O5S/c1-32-22-15-19(16-23(33-2)24(22)34-3)25(31)30(10-4-9-29-11-13-35-14-12-29)26-28-21(17-36-26)18-5-7-20(27)8-6-18/h5-8,15-17H,4,9-14H2,1-3H3. The molecule has 0 N–H and O–H groups in total. The fourth-order valence-electron chi connectivity index (χ4n) is 4.06. The van der Waals surface area contributed by atoms with Crippen LogP contribution in [0.15, 0.2) is 41.8 Å². The lowest BCUT2D eigenvalue weighted by molar-refractivity contribution is 0.0376. The molecule has 1 aliphatic rings. The number of methoxy groups -OCH3 is 3. The molecule has 10 heteroatoms. The van der Waals surface area contributed by atoms with Gasteiger partial charge < -0.3 is 18.9 Å². The van der Waals surface area contributed by atoms with Gasteiger partial charge in [0.15, 0.2) is 16.6 Å². The zero-order valence-corrected chi connectivity index (χ0v) is 22.2. The number of morpholine rings is 1. The summed E-state index contributed by atoms with van der Waals surface area (Å²) in [6, 6.07) is 10.9. The van der Waals surface area contributed by atoms with Crippen LogP contribution in [0, 0.1) is 0 Å². The van der Waals surface area contributed by atoms with E-state index in [0.29, 0.717) is 39.5 Å². The zero-order valence-electron chi connectivity index (χ0n) is 20.7. The van der Waals surface area contributed by atoms with Gasteiger partial charge in [-0.25, -0.2) is 4.98 Å². The number of hydrogen-bond acceptors (Lipinski definition) is 8. The number of nitrogens with zero attached hydrogens (tertiary/aromatic N) is 3. The summed E-state index contributed by atoms with van der Waals surface area (Å²) in [5.74, 6) is 1.10. The number of hydrogen-bond donors (Lipinski definition) is 0. The second-order valence-corrected chi connectivity index (χ2v) is 9.47. The molecule has 0 spiro atoms. The second kappa shape index (κ2) is 12.4. The van der Waals surface area contributed by atoms with Crippen molar-refractivity contribution in [3.05, 3.63) is 52.4 Å². The Kier molecular flexibility index (Phi) is 9.03. The summed E-state index contributed by atoms with van der Waals surface area (Å²) in [6.07, 6.45) is 0.798. The number of carbonyl (C=O) groups excluding carboxylic acids is 1. The van der Waals surface area contributed by atoms with Crippen LogP contribution in [0.1, 0.15) is 16.8 Å². The summed E-state index contributed by atoms with van der Waals surface area (Å²) >= 11 is 7.48. The third kappa shape index (κ3) is 6.10. The molecule has 1 amide bonds. The number of halogens is 1. The lowest BCUT2D eigenvalue weighted by Crippen LogP contribution is -2.39. The maximum Gasteiger partial charge on any atom is 0.260 e. The average Bonchev–Trinajstić information content (AvgIpc) is 3.40. The van der Waals surface area contributed by atoms with Crippen molar-refractivity contribution < 1.29 is 23.7 Å². The smallest absolute Gasteiger partial charge is 0.260 e. The van der Waals surface area contributed by atoms with Gasteiger partial charge in [0.05, 0.1) is 40.2 Å². The van der Waals surface area contributed by atoms with Crippen molar-refractivity contribution in [2.45, 2.75) is 6.42 Å². The van der Waals surface area contributed by atoms with Crippen LogP contribution in [0.5, 0.6) is 17.2 Å². The number of thiazole rings is 1. The number of benzene rings is 2. The fraction of sp³-hybridized carbons (Fsp3) is 0.385. The molecule has 0 radical (unpaired) electrons. The molecule has 0 unspecified atom stereocenters. The Hall–Kier alpha value is -2.85. The predicted octanol–water partition coefficient (Wildman–Crippen LogP) is 4.86. The monoisotopic (exact) mass is 531 g/mol. The van der Waals surface area contributed by atoms with Gasteiger partial charge in [0.2, 0.25) is 5.75 Å². The van der Waals surface area contributed by atoms with Crippen molar-refractivity contribution in [3.63, 3.8) is 0 Å². The van der Waals surface area contributed by atoms with Gasteiger partial charge in [-0.3, -0.25) is 14.6 Å². The molecule has 0 atom stereocenters. The molecule has 4 rings (SSSR count). The molecule has 1 fully saturated rings. The first kappa shape index (κ1) is 26.2. The quantitative estimate of drug-likeness (QED) is 0.370. The summed E-state index contributed by atoms with van der Waals surface area (Å²) < 4.78 is 21.8. The Morgan fingerprint density at radius 2 is 1.75 bits per heavy atom. The summed E-state index contributed by atoms with van der Waals surface area (Å²) in [7, 11) is 4.60. The van der Waals surface area contributed by atoms with E-state index in [9.17, 15) is 4.79 Å². The van der Waals surface area contributed by atoms with Gasteiger partial charge in [-0.1, -0.05) is 23.7 Å². The van der Waals surface area contributed by atoms with Crippen LogP contribution in [0.3, 0.4) is 0 Å². The van der Waals surface area contributed by atoms with Crippen LogP contribution in [0.25, 0.3) is 11.3 Å². The van der Waals surface area contributed by atoms with E-state index in [1.54, 1.807) is 17.0 Å². The van der Waals surface area contributed by atoms with E-state index in [1.165, 1.54) is 32.7 Å². The first-order valence-electron chi connectivity index (χ1n) is 11.7. The molecule has 0 saturated carbocycles. The molecular formula is C26H30ClN3O5S. The molecule has 1 aromatic heterocycles. The highest BCUT2D eigenvalue weighted by atomic mass is 35.5. The maximum atomic E-state index is 13.8. The average molecular weight is 532 g/mol. The van der Waals surface area contributed by atoms with Crippen LogP contribution >= 0.6 is 22.9 Å². The van der Waals surface area contributed by atoms with E-state index < -0.39 is 0 Å². The Morgan fingerprint density at radius 3 is 2.36 bits per heavy atom. The molecule has 3 aromatic rings. The van der Waals surface area contributed by atoms with Crippen molar-refractivity contribution in [2.24, 2.45) is 0 Å². The Bertz CT molecular complexity index is 1140. The van der Waals surface area contributed by atoms with Gasteiger partial charge in [0.1, 0.15) is 0 Å². The van der Waals surface area contributed by atoms with Gasteiger partial charge in [-0.05, 0) is 30.7 Å². The first-order chi connectivity index (χ1) is 17.5. The third-order valence-corrected chi connectivity index (χ3v) is 7.10. The molecule has 0 aliphatic carbocycles. The number of anilines is 1. The van der Waals surface area contributed by atoms with E-state index in [0.717, 1.165) is 50.5 Å².